The van der Waals surface area contributed by atoms with Gasteiger partial charge in [0.15, 0.2) is 0 Å². The second-order valence-electron chi connectivity index (χ2n) is 3.34. The Hall–Kier alpha value is 0.350. The summed E-state index contributed by atoms with van der Waals surface area (Å²) in [6, 6.07) is 0. The van der Waals surface area contributed by atoms with Crippen molar-refractivity contribution in [3.8, 4) is 0 Å². The zero-order valence-corrected chi connectivity index (χ0v) is 7.50. The summed E-state index contributed by atoms with van der Waals surface area (Å²) >= 11 is 0. The molecule has 1 heteroatoms. The van der Waals surface area contributed by atoms with Gasteiger partial charge in [-0.2, -0.15) is 0 Å². The Labute approximate surface area is 61.4 Å². The maximum Gasteiger partial charge on any atom is 0.115 e. The Kier molecular flexibility index (Phi) is 2.45. The molecule has 0 aliphatic carbocycles. The first-order chi connectivity index (χ1) is 4.20. The lowest BCUT2D eigenvalue weighted by atomic mass is 10.0. The molecule has 0 nitrogen and oxygen atoms in total. The lowest BCUT2D eigenvalue weighted by molar-refractivity contribution is 0.500. The SMILES string of the molecule is CC1CC[S+](C)C(C)C1. The Bertz CT molecular complexity index is 90.6. The molecule has 1 aliphatic rings. The molecular formula is C8H17S+. The van der Waals surface area contributed by atoms with E-state index in [-0.39, 0.29) is 0 Å². The highest BCUT2D eigenvalue weighted by molar-refractivity contribution is 7.96. The average Bonchev–Trinajstić information content (AvgIpc) is 1.80. The van der Waals surface area contributed by atoms with Crippen LogP contribution in [0.15, 0.2) is 0 Å². The highest BCUT2D eigenvalue weighted by Gasteiger charge is 2.28. The Morgan fingerprint density at radius 3 is 2.44 bits per heavy atom. The van der Waals surface area contributed by atoms with Crippen LogP contribution >= 0.6 is 0 Å². The van der Waals surface area contributed by atoms with E-state index in [1.165, 1.54) is 18.6 Å². The minimum Gasteiger partial charge on any atom is -0.0621 e. The highest BCUT2D eigenvalue weighted by atomic mass is 32.2. The van der Waals surface area contributed by atoms with Crippen LogP contribution < -0.4 is 0 Å². The molecule has 0 amide bonds. The maximum atomic E-state index is 2.41. The van der Waals surface area contributed by atoms with Gasteiger partial charge < -0.3 is 0 Å². The molecule has 0 radical (unpaired) electrons. The van der Waals surface area contributed by atoms with Crippen LogP contribution in [-0.2, 0) is 10.9 Å². The van der Waals surface area contributed by atoms with E-state index >= 15 is 0 Å². The minimum absolute atomic E-state index is 0.744. The van der Waals surface area contributed by atoms with E-state index in [4.69, 9.17) is 0 Å². The molecular weight excluding hydrogens is 128 g/mol. The minimum atomic E-state index is 0.744. The van der Waals surface area contributed by atoms with Crippen LogP contribution in [0.1, 0.15) is 26.7 Å². The lowest BCUT2D eigenvalue weighted by Crippen LogP contribution is -2.28. The molecule has 1 heterocycles. The standard InChI is InChI=1S/C8H17S/c1-7-4-5-9(3)8(2)6-7/h7-8H,4-6H2,1-3H3/q+1. The predicted molar refractivity (Wildman–Crippen MR) is 46.0 cm³/mol. The Morgan fingerprint density at radius 2 is 2.00 bits per heavy atom. The maximum absolute atomic E-state index is 2.41. The highest BCUT2D eigenvalue weighted by Crippen LogP contribution is 2.23. The third-order valence-corrected chi connectivity index (χ3v) is 4.80. The van der Waals surface area contributed by atoms with Gasteiger partial charge in [-0.25, -0.2) is 0 Å². The van der Waals surface area contributed by atoms with Crippen molar-refractivity contribution in [3.05, 3.63) is 0 Å². The van der Waals surface area contributed by atoms with Gasteiger partial charge in [0.1, 0.15) is 11.0 Å². The summed E-state index contributed by atoms with van der Waals surface area (Å²) in [6.07, 6.45) is 5.36. The molecule has 3 atom stereocenters. The molecule has 0 aromatic heterocycles. The largest absolute Gasteiger partial charge is 0.115 e. The normalized spacial score (nSPS) is 45.0. The summed E-state index contributed by atoms with van der Waals surface area (Å²) in [4.78, 5) is 0. The molecule has 0 aromatic rings. The van der Waals surface area contributed by atoms with E-state index in [1.54, 1.807) is 0 Å². The van der Waals surface area contributed by atoms with Crippen molar-refractivity contribution in [3.63, 3.8) is 0 Å². The van der Waals surface area contributed by atoms with Crippen LogP contribution in [0.4, 0.5) is 0 Å². The average molecular weight is 145 g/mol. The van der Waals surface area contributed by atoms with E-state index in [9.17, 15) is 0 Å². The van der Waals surface area contributed by atoms with Gasteiger partial charge in [-0.3, -0.25) is 0 Å². The number of rotatable bonds is 0. The molecule has 1 saturated heterocycles. The van der Waals surface area contributed by atoms with Gasteiger partial charge >= 0.3 is 0 Å². The fraction of sp³-hybridized carbons (Fsp3) is 1.00. The van der Waals surface area contributed by atoms with Crippen LogP contribution in [0.5, 0.6) is 0 Å². The van der Waals surface area contributed by atoms with Crippen LogP contribution in [0.2, 0.25) is 0 Å². The second kappa shape index (κ2) is 2.96. The molecule has 1 rings (SSSR count). The lowest BCUT2D eigenvalue weighted by Gasteiger charge is -2.22. The topological polar surface area (TPSA) is 0 Å². The molecule has 54 valence electrons. The van der Waals surface area contributed by atoms with Crippen LogP contribution in [-0.4, -0.2) is 17.3 Å². The summed E-state index contributed by atoms with van der Waals surface area (Å²) in [6.45, 7) is 4.78. The zero-order chi connectivity index (χ0) is 6.85. The molecule has 0 saturated carbocycles. The molecule has 1 aliphatic heterocycles. The summed E-state index contributed by atoms with van der Waals surface area (Å²) in [5.41, 5.74) is 0. The molecule has 0 aromatic carbocycles. The summed E-state index contributed by atoms with van der Waals surface area (Å²) in [5.74, 6) is 2.49. The second-order valence-corrected chi connectivity index (χ2v) is 5.93. The molecule has 0 spiro atoms. The fourth-order valence-electron chi connectivity index (χ4n) is 1.44. The monoisotopic (exact) mass is 145 g/mol. The van der Waals surface area contributed by atoms with Gasteiger partial charge in [0.2, 0.25) is 0 Å². The van der Waals surface area contributed by atoms with Crippen LogP contribution in [0.25, 0.3) is 0 Å². The van der Waals surface area contributed by atoms with Crippen LogP contribution in [0, 0.1) is 5.92 Å². The zero-order valence-electron chi connectivity index (χ0n) is 6.68. The summed E-state index contributed by atoms with van der Waals surface area (Å²) < 4.78 is 0. The molecule has 0 bridgehead atoms. The molecule has 9 heavy (non-hydrogen) atoms. The van der Waals surface area contributed by atoms with Crippen molar-refractivity contribution in [2.24, 2.45) is 5.92 Å². The molecule has 3 unspecified atom stereocenters. The third-order valence-electron chi connectivity index (χ3n) is 2.35. The van der Waals surface area contributed by atoms with Gasteiger partial charge in [0.05, 0.1) is 6.26 Å². The van der Waals surface area contributed by atoms with Gasteiger partial charge in [0, 0.05) is 0 Å². The van der Waals surface area contributed by atoms with E-state index in [0.717, 1.165) is 22.1 Å². The molecule has 1 fully saturated rings. The number of hydrogen-bond acceptors (Lipinski definition) is 0. The van der Waals surface area contributed by atoms with Gasteiger partial charge in [-0.05, 0) is 36.6 Å². The van der Waals surface area contributed by atoms with E-state index in [1.807, 2.05) is 0 Å². The quantitative estimate of drug-likeness (QED) is 0.458. The van der Waals surface area contributed by atoms with Gasteiger partial charge in [-0.1, -0.05) is 6.92 Å². The molecule has 0 N–H and O–H groups in total. The van der Waals surface area contributed by atoms with Crippen molar-refractivity contribution >= 4 is 10.9 Å². The van der Waals surface area contributed by atoms with Gasteiger partial charge in [-0.15, -0.1) is 0 Å². The smallest absolute Gasteiger partial charge is 0.0621 e. The van der Waals surface area contributed by atoms with Crippen molar-refractivity contribution in [1.82, 2.24) is 0 Å². The van der Waals surface area contributed by atoms with Crippen molar-refractivity contribution in [2.75, 3.05) is 12.0 Å². The van der Waals surface area contributed by atoms with Crippen molar-refractivity contribution < 1.29 is 0 Å². The van der Waals surface area contributed by atoms with Crippen LogP contribution in [0.3, 0.4) is 0 Å². The van der Waals surface area contributed by atoms with Gasteiger partial charge in [0.25, 0.3) is 0 Å². The summed E-state index contributed by atoms with van der Waals surface area (Å²) in [5, 5.41) is 1.01. The Morgan fingerprint density at radius 1 is 1.33 bits per heavy atom. The fourth-order valence-corrected chi connectivity index (χ4v) is 3.27. The van der Waals surface area contributed by atoms with Crippen molar-refractivity contribution in [1.29, 1.82) is 0 Å². The first kappa shape index (κ1) is 7.46. The first-order valence-corrected chi connectivity index (χ1v) is 5.68. The third kappa shape index (κ3) is 1.89. The first-order valence-electron chi connectivity index (χ1n) is 3.81. The van der Waals surface area contributed by atoms with Crippen molar-refractivity contribution in [2.45, 2.75) is 31.9 Å². The van der Waals surface area contributed by atoms with E-state index in [0.29, 0.717) is 0 Å². The van der Waals surface area contributed by atoms with E-state index < -0.39 is 0 Å². The number of hydrogen-bond donors (Lipinski definition) is 0. The Balaban J connectivity index is 2.35. The van der Waals surface area contributed by atoms with E-state index in [2.05, 4.69) is 20.1 Å². The summed E-state index contributed by atoms with van der Waals surface area (Å²) in [7, 11) is 0.744. The predicted octanol–water partition coefficient (Wildman–Crippen LogP) is 2.05.